The van der Waals surface area contributed by atoms with E-state index in [4.69, 9.17) is 5.73 Å². The van der Waals surface area contributed by atoms with E-state index in [9.17, 15) is 9.90 Å². The molecule has 6 heteroatoms. The summed E-state index contributed by atoms with van der Waals surface area (Å²) < 4.78 is 0. The number of nitrogen functional groups attached to an aromatic ring is 1. The SMILES string of the molecule is Cc1cc(C)c2c(N)c(C(=O)N(C)CCC(C)O)sc2n1. The molecule has 114 valence electrons. The number of aliphatic hydroxyl groups is 1. The summed E-state index contributed by atoms with van der Waals surface area (Å²) in [7, 11) is 1.72. The van der Waals surface area contributed by atoms with Crippen LogP contribution in [0.3, 0.4) is 0 Å². The number of carbonyl (C=O) groups is 1. The normalized spacial score (nSPS) is 12.6. The standard InChI is InChI=1S/C15H21N3O2S/c1-8-7-9(2)17-14-11(8)12(16)13(21-14)15(20)18(4)6-5-10(3)19/h7,10,19H,5-6,16H2,1-4H3. The Morgan fingerprint density at radius 1 is 1.52 bits per heavy atom. The van der Waals surface area contributed by atoms with Gasteiger partial charge < -0.3 is 15.7 Å². The fourth-order valence-corrected chi connectivity index (χ4v) is 3.49. The lowest BCUT2D eigenvalue weighted by Gasteiger charge is -2.17. The molecule has 2 aromatic rings. The van der Waals surface area contributed by atoms with E-state index in [1.54, 1.807) is 18.9 Å². The summed E-state index contributed by atoms with van der Waals surface area (Å²) in [6.45, 7) is 6.11. The molecule has 1 atom stereocenters. The molecule has 0 aliphatic heterocycles. The van der Waals surface area contributed by atoms with Gasteiger partial charge >= 0.3 is 0 Å². The zero-order valence-electron chi connectivity index (χ0n) is 12.8. The summed E-state index contributed by atoms with van der Waals surface area (Å²) in [6, 6.07) is 1.97. The van der Waals surface area contributed by atoms with Gasteiger partial charge in [-0.15, -0.1) is 11.3 Å². The van der Waals surface area contributed by atoms with Crippen LogP contribution >= 0.6 is 11.3 Å². The molecule has 0 spiro atoms. The number of fused-ring (bicyclic) bond motifs is 1. The van der Waals surface area contributed by atoms with Gasteiger partial charge in [0.15, 0.2) is 0 Å². The first kappa shape index (κ1) is 15.7. The minimum Gasteiger partial charge on any atom is -0.397 e. The number of aliphatic hydroxyl groups excluding tert-OH is 1. The van der Waals surface area contributed by atoms with Crippen LogP contribution in [0.25, 0.3) is 10.2 Å². The molecule has 5 nitrogen and oxygen atoms in total. The van der Waals surface area contributed by atoms with Crippen molar-refractivity contribution < 1.29 is 9.90 Å². The van der Waals surface area contributed by atoms with Gasteiger partial charge in [-0.1, -0.05) is 0 Å². The highest BCUT2D eigenvalue weighted by molar-refractivity contribution is 7.21. The van der Waals surface area contributed by atoms with Crippen LogP contribution in [0.4, 0.5) is 5.69 Å². The lowest BCUT2D eigenvalue weighted by Crippen LogP contribution is -2.29. The molecule has 3 N–H and O–H groups in total. The zero-order chi connectivity index (χ0) is 15.7. The number of amides is 1. The van der Waals surface area contributed by atoms with Gasteiger partial charge in [0.1, 0.15) is 9.71 Å². The maximum Gasteiger partial charge on any atom is 0.265 e. The number of anilines is 1. The second kappa shape index (κ2) is 5.99. The molecule has 0 saturated carbocycles. The fourth-order valence-electron chi connectivity index (χ4n) is 2.28. The molecule has 0 aromatic carbocycles. The Labute approximate surface area is 128 Å². The molecule has 2 rings (SSSR count). The van der Waals surface area contributed by atoms with Gasteiger partial charge in [0.25, 0.3) is 5.91 Å². The number of nitrogens with zero attached hydrogens (tertiary/aromatic N) is 2. The highest BCUT2D eigenvalue weighted by Crippen LogP contribution is 2.35. The quantitative estimate of drug-likeness (QED) is 0.908. The van der Waals surface area contributed by atoms with E-state index in [0.717, 1.165) is 21.5 Å². The number of rotatable bonds is 4. The Hall–Kier alpha value is -1.66. The average molecular weight is 307 g/mol. The molecule has 0 saturated heterocycles. The van der Waals surface area contributed by atoms with E-state index in [0.29, 0.717) is 23.5 Å². The Balaban J connectivity index is 2.36. The number of nitrogens with two attached hydrogens (primary N) is 1. The van der Waals surface area contributed by atoms with Crippen molar-refractivity contribution in [2.24, 2.45) is 0 Å². The number of hydrogen-bond acceptors (Lipinski definition) is 5. The molecular formula is C15H21N3O2S. The van der Waals surface area contributed by atoms with E-state index in [-0.39, 0.29) is 5.91 Å². The summed E-state index contributed by atoms with van der Waals surface area (Å²) in [6.07, 6.45) is 0.121. The van der Waals surface area contributed by atoms with E-state index in [1.807, 2.05) is 19.9 Å². The van der Waals surface area contributed by atoms with Crippen LogP contribution < -0.4 is 5.73 Å². The smallest absolute Gasteiger partial charge is 0.265 e. The molecule has 2 heterocycles. The lowest BCUT2D eigenvalue weighted by atomic mass is 10.1. The van der Waals surface area contributed by atoms with Crippen LogP contribution in [0.15, 0.2) is 6.07 Å². The highest BCUT2D eigenvalue weighted by atomic mass is 32.1. The van der Waals surface area contributed by atoms with Gasteiger partial charge in [-0.05, 0) is 38.8 Å². The predicted octanol–water partition coefficient (Wildman–Crippen LogP) is 2.34. The number of carbonyl (C=O) groups excluding carboxylic acids is 1. The van der Waals surface area contributed by atoms with Crippen LogP contribution in [0.5, 0.6) is 0 Å². The van der Waals surface area contributed by atoms with Gasteiger partial charge in [0.05, 0.1) is 11.8 Å². The van der Waals surface area contributed by atoms with E-state index in [2.05, 4.69) is 4.98 Å². The van der Waals surface area contributed by atoms with Crippen molar-refractivity contribution in [1.29, 1.82) is 0 Å². The number of aryl methyl sites for hydroxylation is 2. The summed E-state index contributed by atoms with van der Waals surface area (Å²) in [5.74, 6) is -0.117. The van der Waals surface area contributed by atoms with Crippen molar-refractivity contribution in [2.45, 2.75) is 33.3 Å². The number of aromatic nitrogens is 1. The van der Waals surface area contributed by atoms with Crippen molar-refractivity contribution >= 4 is 33.1 Å². The monoisotopic (exact) mass is 307 g/mol. The molecule has 1 unspecified atom stereocenters. The lowest BCUT2D eigenvalue weighted by molar-refractivity contribution is 0.0774. The maximum atomic E-state index is 12.5. The minimum absolute atomic E-state index is 0.117. The Morgan fingerprint density at radius 2 is 2.19 bits per heavy atom. The molecule has 2 aromatic heterocycles. The van der Waals surface area contributed by atoms with Crippen molar-refractivity contribution in [3.05, 3.63) is 22.2 Å². The van der Waals surface area contributed by atoms with Crippen LogP contribution in [-0.2, 0) is 0 Å². The Bertz CT molecular complexity index is 679. The third-order valence-electron chi connectivity index (χ3n) is 3.45. The number of thiophene rings is 1. The van der Waals surface area contributed by atoms with Crippen molar-refractivity contribution in [1.82, 2.24) is 9.88 Å². The number of hydrogen-bond donors (Lipinski definition) is 2. The molecule has 0 bridgehead atoms. The van der Waals surface area contributed by atoms with Crippen LogP contribution in [0.2, 0.25) is 0 Å². The largest absolute Gasteiger partial charge is 0.397 e. The third kappa shape index (κ3) is 3.16. The molecule has 0 aliphatic rings. The third-order valence-corrected chi connectivity index (χ3v) is 4.53. The van der Waals surface area contributed by atoms with Crippen molar-refractivity contribution in [3.63, 3.8) is 0 Å². The summed E-state index contributed by atoms with van der Waals surface area (Å²) in [4.78, 5) is 19.9. The fraction of sp³-hybridized carbons (Fsp3) is 0.467. The minimum atomic E-state index is -0.424. The summed E-state index contributed by atoms with van der Waals surface area (Å²) in [5.41, 5.74) is 8.62. The zero-order valence-corrected chi connectivity index (χ0v) is 13.6. The van der Waals surface area contributed by atoms with Gasteiger partial charge in [0.2, 0.25) is 0 Å². The van der Waals surface area contributed by atoms with Gasteiger partial charge in [-0.25, -0.2) is 4.98 Å². The highest BCUT2D eigenvalue weighted by Gasteiger charge is 2.21. The topological polar surface area (TPSA) is 79.5 Å². The maximum absolute atomic E-state index is 12.5. The molecule has 0 fully saturated rings. The van der Waals surface area contributed by atoms with Crippen LogP contribution in [0, 0.1) is 13.8 Å². The first-order chi connectivity index (χ1) is 9.81. The summed E-state index contributed by atoms with van der Waals surface area (Å²) >= 11 is 1.33. The van der Waals surface area contributed by atoms with E-state index >= 15 is 0 Å². The van der Waals surface area contributed by atoms with Crippen LogP contribution in [0.1, 0.15) is 34.3 Å². The van der Waals surface area contributed by atoms with Crippen LogP contribution in [-0.4, -0.2) is 40.6 Å². The van der Waals surface area contributed by atoms with E-state index in [1.165, 1.54) is 11.3 Å². The molecule has 21 heavy (non-hydrogen) atoms. The predicted molar refractivity (Wildman–Crippen MR) is 86.8 cm³/mol. The molecule has 1 amide bonds. The van der Waals surface area contributed by atoms with Gasteiger partial charge in [-0.2, -0.15) is 0 Å². The van der Waals surface area contributed by atoms with E-state index < -0.39 is 6.10 Å². The van der Waals surface area contributed by atoms with Gasteiger partial charge in [0, 0.05) is 24.7 Å². The average Bonchev–Trinajstić information content (AvgIpc) is 2.72. The second-order valence-electron chi connectivity index (χ2n) is 5.47. The first-order valence-electron chi connectivity index (χ1n) is 6.91. The Kier molecular flexibility index (Phi) is 4.49. The Morgan fingerprint density at radius 3 is 2.81 bits per heavy atom. The molecular weight excluding hydrogens is 286 g/mol. The van der Waals surface area contributed by atoms with Crippen molar-refractivity contribution in [2.75, 3.05) is 19.3 Å². The molecule has 0 aliphatic carbocycles. The van der Waals surface area contributed by atoms with Crippen molar-refractivity contribution in [3.8, 4) is 0 Å². The summed E-state index contributed by atoms with van der Waals surface area (Å²) in [5, 5.41) is 10.2. The molecule has 0 radical (unpaired) electrons. The van der Waals surface area contributed by atoms with Gasteiger partial charge in [-0.3, -0.25) is 4.79 Å². The first-order valence-corrected chi connectivity index (χ1v) is 7.72. The number of pyridine rings is 1. The second-order valence-corrected chi connectivity index (χ2v) is 6.47.